The monoisotopic (exact) mass is 425 g/mol. The van der Waals surface area contributed by atoms with E-state index in [-0.39, 0.29) is 0 Å². The second-order valence-corrected chi connectivity index (χ2v) is 6.64. The summed E-state index contributed by atoms with van der Waals surface area (Å²) in [7, 11) is 0. The molecule has 0 bridgehead atoms. The first-order chi connectivity index (χ1) is 12.7. The number of benzene rings is 3. The lowest BCUT2D eigenvalue weighted by molar-refractivity contribution is 0.482. The van der Waals surface area contributed by atoms with Crippen LogP contribution in [0.4, 0.5) is 5.69 Å². The number of rotatable bonds is 5. The summed E-state index contributed by atoms with van der Waals surface area (Å²) in [5.41, 5.74) is 4.62. The van der Waals surface area contributed by atoms with Crippen LogP contribution in [0, 0.1) is 0 Å². The molecule has 0 radical (unpaired) electrons. The first-order valence-corrected chi connectivity index (χ1v) is 9.08. The minimum Gasteiger partial charge on any atom is -0.457 e. The Balaban J connectivity index is 1.50. The molecule has 0 atom stereocenters. The van der Waals surface area contributed by atoms with E-state index in [2.05, 4.69) is 31.8 Å². The Hall–Kier alpha value is -2.70. The topological polar surface area (TPSA) is 45.7 Å². The third-order valence-corrected chi connectivity index (χ3v) is 4.06. The van der Waals surface area contributed by atoms with Crippen molar-refractivity contribution in [3.63, 3.8) is 0 Å². The van der Waals surface area contributed by atoms with E-state index in [0.29, 0.717) is 5.11 Å². The van der Waals surface area contributed by atoms with Crippen molar-refractivity contribution in [3.8, 4) is 11.5 Å². The number of nitrogens with one attached hydrogen (secondary N) is 2. The van der Waals surface area contributed by atoms with E-state index < -0.39 is 0 Å². The number of nitrogens with zero attached hydrogens (tertiary/aromatic N) is 1. The molecule has 6 heteroatoms. The lowest BCUT2D eigenvalue weighted by atomic mass is 10.2. The van der Waals surface area contributed by atoms with Gasteiger partial charge in [-0.15, -0.1) is 0 Å². The molecule has 0 saturated heterocycles. The number of halogens is 1. The first-order valence-electron chi connectivity index (χ1n) is 7.88. The molecule has 3 aromatic rings. The van der Waals surface area contributed by atoms with E-state index in [9.17, 15) is 0 Å². The Kier molecular flexibility index (Phi) is 6.35. The molecule has 0 saturated carbocycles. The zero-order valence-corrected chi connectivity index (χ0v) is 16.1. The zero-order valence-electron chi connectivity index (χ0n) is 13.7. The lowest BCUT2D eigenvalue weighted by Crippen LogP contribution is -2.23. The smallest absolute Gasteiger partial charge is 0.191 e. The number of ether oxygens (including phenoxy) is 1. The molecule has 0 amide bonds. The van der Waals surface area contributed by atoms with Crippen LogP contribution in [0.5, 0.6) is 11.5 Å². The van der Waals surface area contributed by atoms with Crippen molar-refractivity contribution in [3.05, 3.63) is 88.9 Å². The molecule has 0 aliphatic heterocycles. The van der Waals surface area contributed by atoms with Crippen LogP contribution in [0.15, 0.2) is 88.4 Å². The van der Waals surface area contributed by atoms with Crippen LogP contribution in [0.3, 0.4) is 0 Å². The summed E-state index contributed by atoms with van der Waals surface area (Å²) in [5, 5.41) is 7.62. The van der Waals surface area contributed by atoms with Gasteiger partial charge in [-0.05, 0) is 78.4 Å². The maximum Gasteiger partial charge on any atom is 0.191 e. The maximum atomic E-state index is 5.76. The number of hydrazone groups is 1. The fourth-order valence-electron chi connectivity index (χ4n) is 2.10. The van der Waals surface area contributed by atoms with E-state index in [4.69, 9.17) is 17.0 Å². The van der Waals surface area contributed by atoms with Crippen LogP contribution in [0.25, 0.3) is 0 Å². The lowest BCUT2D eigenvalue weighted by Gasteiger charge is -2.07. The normalized spacial score (nSPS) is 10.5. The number of para-hydroxylation sites is 1. The highest BCUT2D eigenvalue weighted by Crippen LogP contribution is 2.20. The van der Waals surface area contributed by atoms with E-state index in [1.165, 1.54) is 0 Å². The molecular weight excluding hydrogens is 410 g/mol. The van der Waals surface area contributed by atoms with E-state index in [1.807, 2.05) is 78.9 Å². The molecular formula is C20H16BrN3OS. The quantitative estimate of drug-likeness (QED) is 0.319. The van der Waals surface area contributed by atoms with Crippen molar-refractivity contribution in [1.82, 2.24) is 5.43 Å². The van der Waals surface area contributed by atoms with Gasteiger partial charge in [0, 0.05) is 10.2 Å². The van der Waals surface area contributed by atoms with Crippen LogP contribution < -0.4 is 15.5 Å². The number of hydrogen-bond acceptors (Lipinski definition) is 3. The number of hydrogen-bond donors (Lipinski definition) is 2. The molecule has 0 fully saturated rings. The predicted octanol–water partition coefficient (Wildman–Crippen LogP) is 5.56. The summed E-state index contributed by atoms with van der Waals surface area (Å²) in [4.78, 5) is 0. The molecule has 130 valence electrons. The van der Waals surface area contributed by atoms with Gasteiger partial charge in [-0.2, -0.15) is 5.10 Å². The molecule has 0 aromatic heterocycles. The summed E-state index contributed by atoms with van der Waals surface area (Å²) in [6, 6.07) is 25.0. The molecule has 0 spiro atoms. The van der Waals surface area contributed by atoms with Gasteiger partial charge in [-0.25, -0.2) is 0 Å². The van der Waals surface area contributed by atoms with Crippen molar-refractivity contribution >= 4 is 45.2 Å². The SMILES string of the molecule is S=C(N/N=C/c1ccc(Oc2ccccc2)cc1)Nc1ccc(Br)cc1. The summed E-state index contributed by atoms with van der Waals surface area (Å²) >= 11 is 8.60. The van der Waals surface area contributed by atoms with Crippen LogP contribution >= 0.6 is 28.1 Å². The van der Waals surface area contributed by atoms with Crippen LogP contribution in [0.2, 0.25) is 0 Å². The highest BCUT2D eigenvalue weighted by atomic mass is 79.9. The van der Waals surface area contributed by atoms with Gasteiger partial charge in [0.05, 0.1) is 6.21 Å². The summed E-state index contributed by atoms with van der Waals surface area (Å²) < 4.78 is 6.77. The van der Waals surface area contributed by atoms with Gasteiger partial charge < -0.3 is 10.1 Å². The van der Waals surface area contributed by atoms with Gasteiger partial charge in [0.15, 0.2) is 5.11 Å². The van der Waals surface area contributed by atoms with Crippen molar-refractivity contribution in [2.45, 2.75) is 0 Å². The van der Waals surface area contributed by atoms with Gasteiger partial charge in [0.25, 0.3) is 0 Å². The fraction of sp³-hybridized carbons (Fsp3) is 0. The Morgan fingerprint density at radius 3 is 2.23 bits per heavy atom. The van der Waals surface area contributed by atoms with Gasteiger partial charge in [-0.3, -0.25) is 5.43 Å². The van der Waals surface area contributed by atoms with Crippen LogP contribution in [0.1, 0.15) is 5.56 Å². The fourth-order valence-corrected chi connectivity index (χ4v) is 2.54. The largest absolute Gasteiger partial charge is 0.457 e. The molecule has 26 heavy (non-hydrogen) atoms. The third kappa shape index (κ3) is 5.68. The average Bonchev–Trinajstić information content (AvgIpc) is 2.66. The summed E-state index contributed by atoms with van der Waals surface area (Å²) in [6.45, 7) is 0. The third-order valence-electron chi connectivity index (χ3n) is 3.34. The summed E-state index contributed by atoms with van der Waals surface area (Å²) in [5.74, 6) is 1.58. The predicted molar refractivity (Wildman–Crippen MR) is 114 cm³/mol. The second-order valence-electron chi connectivity index (χ2n) is 5.32. The molecule has 4 nitrogen and oxygen atoms in total. The molecule has 0 unspecified atom stereocenters. The van der Waals surface area contributed by atoms with Gasteiger partial charge in [-0.1, -0.05) is 34.1 Å². The number of thiocarbonyl (C=S) groups is 1. The van der Waals surface area contributed by atoms with E-state index in [0.717, 1.165) is 27.2 Å². The minimum absolute atomic E-state index is 0.424. The Labute approximate surface area is 166 Å². The van der Waals surface area contributed by atoms with Crippen LogP contribution in [-0.4, -0.2) is 11.3 Å². The zero-order chi connectivity index (χ0) is 18.2. The molecule has 0 aliphatic carbocycles. The Morgan fingerprint density at radius 1 is 0.885 bits per heavy atom. The Morgan fingerprint density at radius 2 is 1.54 bits per heavy atom. The van der Waals surface area contributed by atoms with Crippen LogP contribution in [-0.2, 0) is 0 Å². The molecule has 3 aromatic carbocycles. The molecule has 2 N–H and O–H groups in total. The van der Waals surface area contributed by atoms with E-state index >= 15 is 0 Å². The van der Waals surface area contributed by atoms with Gasteiger partial charge in [0.2, 0.25) is 0 Å². The van der Waals surface area contributed by atoms with Gasteiger partial charge >= 0.3 is 0 Å². The average molecular weight is 426 g/mol. The highest BCUT2D eigenvalue weighted by molar-refractivity contribution is 9.10. The maximum absolute atomic E-state index is 5.76. The van der Waals surface area contributed by atoms with Gasteiger partial charge in [0.1, 0.15) is 11.5 Å². The minimum atomic E-state index is 0.424. The molecule has 0 heterocycles. The van der Waals surface area contributed by atoms with Crippen molar-refractivity contribution in [2.75, 3.05) is 5.32 Å². The van der Waals surface area contributed by atoms with Crippen molar-refractivity contribution < 1.29 is 4.74 Å². The van der Waals surface area contributed by atoms with Crippen molar-refractivity contribution in [2.24, 2.45) is 5.10 Å². The second kappa shape index (κ2) is 9.12. The van der Waals surface area contributed by atoms with Crippen molar-refractivity contribution in [1.29, 1.82) is 0 Å². The Bertz CT molecular complexity index is 881. The summed E-state index contributed by atoms with van der Waals surface area (Å²) in [6.07, 6.45) is 1.70. The first kappa shape index (κ1) is 18.1. The highest BCUT2D eigenvalue weighted by Gasteiger charge is 1.98. The molecule has 0 aliphatic rings. The molecule has 3 rings (SSSR count). The standard InChI is InChI=1S/C20H16BrN3OS/c21-16-8-10-17(11-9-16)23-20(26)24-22-14-15-6-12-19(13-7-15)25-18-4-2-1-3-5-18/h1-14H,(H2,23,24,26)/b22-14+. The number of anilines is 1. The van der Waals surface area contributed by atoms with E-state index in [1.54, 1.807) is 6.21 Å².